The quantitative estimate of drug-likeness (QED) is 0.314. The van der Waals surface area contributed by atoms with E-state index in [4.69, 9.17) is 11.6 Å². The molecular formula is C31H38ClN3O4S. The Morgan fingerprint density at radius 1 is 0.950 bits per heavy atom. The van der Waals surface area contributed by atoms with Gasteiger partial charge in [-0.25, -0.2) is 8.42 Å². The van der Waals surface area contributed by atoms with Crippen LogP contribution >= 0.6 is 11.6 Å². The molecule has 3 aromatic rings. The van der Waals surface area contributed by atoms with Crippen molar-refractivity contribution in [2.24, 2.45) is 0 Å². The summed E-state index contributed by atoms with van der Waals surface area (Å²) in [6.07, 6.45) is 2.06. The lowest BCUT2D eigenvalue weighted by atomic mass is 10.0. The first kappa shape index (κ1) is 31.2. The van der Waals surface area contributed by atoms with Crippen LogP contribution < -0.4 is 9.62 Å². The van der Waals surface area contributed by atoms with Crippen LogP contribution in [0.1, 0.15) is 42.5 Å². The Bertz CT molecular complexity index is 1430. The maximum atomic E-state index is 14.2. The third-order valence-electron chi connectivity index (χ3n) is 6.89. The number of hydrogen-bond acceptors (Lipinski definition) is 4. The summed E-state index contributed by atoms with van der Waals surface area (Å²) in [6.45, 7) is 7.22. The summed E-state index contributed by atoms with van der Waals surface area (Å²) < 4.78 is 27.0. The number of anilines is 1. The number of nitrogens with zero attached hydrogens (tertiary/aromatic N) is 2. The number of carbonyl (C=O) groups is 2. The van der Waals surface area contributed by atoms with Gasteiger partial charge in [0.25, 0.3) is 0 Å². The number of carbonyl (C=O) groups excluding carboxylic acids is 2. The molecule has 0 saturated carbocycles. The lowest BCUT2D eigenvalue weighted by Crippen LogP contribution is -2.54. The van der Waals surface area contributed by atoms with Gasteiger partial charge in [-0.1, -0.05) is 84.8 Å². The monoisotopic (exact) mass is 583 g/mol. The molecule has 9 heteroatoms. The fourth-order valence-electron chi connectivity index (χ4n) is 4.46. The maximum Gasteiger partial charge on any atom is 0.244 e. The van der Waals surface area contributed by atoms with Gasteiger partial charge in [0, 0.05) is 24.0 Å². The number of benzene rings is 3. The molecule has 1 N–H and O–H groups in total. The van der Waals surface area contributed by atoms with Crippen molar-refractivity contribution < 1.29 is 18.0 Å². The van der Waals surface area contributed by atoms with Crippen LogP contribution in [0.5, 0.6) is 0 Å². The smallest absolute Gasteiger partial charge is 0.244 e. The molecule has 2 amide bonds. The van der Waals surface area contributed by atoms with Gasteiger partial charge < -0.3 is 10.2 Å². The lowest BCUT2D eigenvalue weighted by Gasteiger charge is -2.34. The number of halogens is 1. The second-order valence-corrected chi connectivity index (χ2v) is 12.5. The molecule has 0 aliphatic carbocycles. The average molecular weight is 584 g/mol. The minimum Gasteiger partial charge on any atom is -0.352 e. The van der Waals surface area contributed by atoms with Crippen molar-refractivity contribution in [3.63, 3.8) is 0 Å². The van der Waals surface area contributed by atoms with E-state index in [0.717, 1.165) is 33.7 Å². The first-order valence-corrected chi connectivity index (χ1v) is 15.6. The van der Waals surface area contributed by atoms with Gasteiger partial charge >= 0.3 is 0 Å². The molecule has 2 unspecified atom stereocenters. The summed E-state index contributed by atoms with van der Waals surface area (Å²) in [7, 11) is -3.87. The van der Waals surface area contributed by atoms with Crippen LogP contribution in [-0.2, 0) is 32.6 Å². The van der Waals surface area contributed by atoms with Crippen molar-refractivity contribution >= 4 is 39.1 Å². The topological polar surface area (TPSA) is 86.8 Å². The van der Waals surface area contributed by atoms with E-state index in [1.54, 1.807) is 25.1 Å². The molecule has 0 heterocycles. The highest BCUT2D eigenvalue weighted by atomic mass is 35.5. The van der Waals surface area contributed by atoms with Crippen LogP contribution in [0.4, 0.5) is 5.69 Å². The first-order chi connectivity index (χ1) is 18.9. The van der Waals surface area contributed by atoms with Crippen LogP contribution in [0.3, 0.4) is 0 Å². The number of hydrogen-bond donors (Lipinski definition) is 1. The Morgan fingerprint density at radius 3 is 2.23 bits per heavy atom. The molecule has 3 aromatic carbocycles. The highest BCUT2D eigenvalue weighted by Gasteiger charge is 2.33. The van der Waals surface area contributed by atoms with Crippen molar-refractivity contribution in [3.05, 3.63) is 100 Å². The summed E-state index contributed by atoms with van der Waals surface area (Å²) >= 11 is 6.30. The predicted octanol–water partition coefficient (Wildman–Crippen LogP) is 5.28. The number of nitrogens with one attached hydrogen (secondary N) is 1. The van der Waals surface area contributed by atoms with Gasteiger partial charge in [-0.2, -0.15) is 0 Å². The Kier molecular flexibility index (Phi) is 10.8. The molecule has 7 nitrogen and oxygen atoms in total. The molecule has 0 aliphatic heterocycles. The van der Waals surface area contributed by atoms with Gasteiger partial charge in [0.2, 0.25) is 21.8 Å². The minimum absolute atomic E-state index is 0.0941. The lowest BCUT2D eigenvalue weighted by molar-refractivity contribution is -0.140. The highest BCUT2D eigenvalue weighted by Crippen LogP contribution is 2.28. The SMILES string of the molecule is CCC(C)NC(=O)C(Cc1ccccc1)N(Cc1cccc(C)c1)C(=O)CN(c1cccc(Cl)c1C)S(C)(=O)=O. The van der Waals surface area contributed by atoms with E-state index in [0.29, 0.717) is 16.3 Å². The summed E-state index contributed by atoms with van der Waals surface area (Å²) in [5.41, 5.74) is 3.61. The highest BCUT2D eigenvalue weighted by molar-refractivity contribution is 7.92. The van der Waals surface area contributed by atoms with Crippen molar-refractivity contribution in [3.8, 4) is 0 Å². The van der Waals surface area contributed by atoms with E-state index in [1.807, 2.05) is 75.4 Å². The van der Waals surface area contributed by atoms with E-state index in [2.05, 4.69) is 5.32 Å². The van der Waals surface area contributed by atoms with Gasteiger partial charge in [0.05, 0.1) is 11.9 Å². The fraction of sp³-hybridized carbons (Fsp3) is 0.355. The van der Waals surface area contributed by atoms with E-state index in [-0.39, 0.29) is 24.9 Å². The molecule has 0 saturated heterocycles. The summed E-state index contributed by atoms with van der Waals surface area (Å²) in [6, 6.07) is 21.2. The normalized spacial score (nSPS) is 12.8. The van der Waals surface area contributed by atoms with Crippen LogP contribution in [0.25, 0.3) is 0 Å². The van der Waals surface area contributed by atoms with E-state index in [1.165, 1.54) is 4.90 Å². The van der Waals surface area contributed by atoms with Gasteiger partial charge in [-0.3, -0.25) is 13.9 Å². The molecule has 3 rings (SSSR count). The van der Waals surface area contributed by atoms with Crippen molar-refractivity contribution in [2.45, 2.75) is 59.2 Å². The summed E-state index contributed by atoms with van der Waals surface area (Å²) in [4.78, 5) is 29.4. The maximum absolute atomic E-state index is 14.2. The Labute approximate surface area is 243 Å². The average Bonchev–Trinajstić information content (AvgIpc) is 2.90. The zero-order valence-electron chi connectivity index (χ0n) is 23.7. The number of amides is 2. The second kappa shape index (κ2) is 13.8. The van der Waals surface area contributed by atoms with Gasteiger partial charge in [-0.05, 0) is 56.0 Å². The Balaban J connectivity index is 2.09. The van der Waals surface area contributed by atoms with Crippen LogP contribution in [0.2, 0.25) is 5.02 Å². The predicted molar refractivity (Wildman–Crippen MR) is 162 cm³/mol. The van der Waals surface area contributed by atoms with Crippen molar-refractivity contribution in [1.82, 2.24) is 10.2 Å². The summed E-state index contributed by atoms with van der Waals surface area (Å²) in [5, 5.41) is 3.43. The number of sulfonamides is 1. The second-order valence-electron chi connectivity index (χ2n) is 10.2. The summed E-state index contributed by atoms with van der Waals surface area (Å²) in [5.74, 6) is -0.782. The molecule has 0 aliphatic rings. The molecule has 40 heavy (non-hydrogen) atoms. The fourth-order valence-corrected chi connectivity index (χ4v) is 5.53. The molecule has 0 bridgehead atoms. The van der Waals surface area contributed by atoms with E-state index in [9.17, 15) is 18.0 Å². The van der Waals surface area contributed by atoms with Crippen molar-refractivity contribution in [2.75, 3.05) is 17.1 Å². The van der Waals surface area contributed by atoms with Crippen molar-refractivity contribution in [1.29, 1.82) is 0 Å². The zero-order valence-corrected chi connectivity index (χ0v) is 25.3. The Hall–Kier alpha value is -3.36. The molecule has 0 spiro atoms. The third-order valence-corrected chi connectivity index (χ3v) is 8.43. The van der Waals surface area contributed by atoms with Gasteiger partial charge in [-0.15, -0.1) is 0 Å². The van der Waals surface area contributed by atoms with E-state index < -0.39 is 28.5 Å². The van der Waals surface area contributed by atoms with Gasteiger partial charge in [0.15, 0.2) is 0 Å². The first-order valence-electron chi connectivity index (χ1n) is 13.3. The zero-order chi connectivity index (χ0) is 29.4. The standard InChI is InChI=1S/C31H38ClN3O4S/c1-6-23(3)33-31(37)29(19-25-13-8-7-9-14-25)34(20-26-15-10-12-22(2)18-26)30(36)21-35(40(5,38)39)28-17-11-16-27(32)24(28)4/h7-18,23,29H,6,19-21H2,1-5H3,(H,33,37). The molecular weight excluding hydrogens is 546 g/mol. The molecule has 214 valence electrons. The molecule has 0 radical (unpaired) electrons. The van der Waals surface area contributed by atoms with E-state index >= 15 is 0 Å². The van der Waals surface area contributed by atoms with Crippen LogP contribution in [0.15, 0.2) is 72.8 Å². The molecule has 0 aromatic heterocycles. The van der Waals surface area contributed by atoms with Crippen LogP contribution in [-0.4, -0.2) is 50.0 Å². The van der Waals surface area contributed by atoms with Gasteiger partial charge in [0.1, 0.15) is 12.6 Å². The molecule has 2 atom stereocenters. The minimum atomic E-state index is -3.87. The number of rotatable bonds is 12. The van der Waals surface area contributed by atoms with Crippen LogP contribution in [0, 0.1) is 13.8 Å². The largest absolute Gasteiger partial charge is 0.352 e. The third kappa shape index (κ3) is 8.32. The Morgan fingerprint density at radius 2 is 1.60 bits per heavy atom. The number of aryl methyl sites for hydroxylation is 1. The molecule has 0 fully saturated rings.